The van der Waals surface area contributed by atoms with Gasteiger partial charge in [-0.05, 0) is 23.5 Å². The number of benzene rings is 1. The normalized spacial score (nSPS) is 18.9. The Labute approximate surface area is 117 Å². The van der Waals surface area contributed by atoms with Crippen LogP contribution in [0.15, 0.2) is 18.2 Å². The number of nitro groups is 1. The quantitative estimate of drug-likeness (QED) is 0.519. The number of carbonyl (C=O) groups is 1. The Morgan fingerprint density at radius 3 is 2.70 bits per heavy atom. The maximum atomic E-state index is 11.9. The van der Waals surface area contributed by atoms with E-state index in [1.807, 2.05) is 0 Å². The Bertz CT molecular complexity index is 542. The van der Waals surface area contributed by atoms with Crippen LogP contribution in [0.4, 0.5) is 11.4 Å². The van der Waals surface area contributed by atoms with Crippen molar-refractivity contribution in [1.82, 2.24) is 4.90 Å². The van der Waals surface area contributed by atoms with Gasteiger partial charge < -0.3 is 10.6 Å². The highest BCUT2D eigenvalue weighted by atomic mass is 16.6. The molecule has 0 aromatic heterocycles. The summed E-state index contributed by atoms with van der Waals surface area (Å²) in [5, 5.41) is 10.7. The Kier molecular flexibility index (Phi) is 3.92. The molecule has 1 aliphatic rings. The first-order valence-electron chi connectivity index (χ1n) is 6.69. The SMILES string of the molecule is CC(C)C1CC(=O)N(Cc2ccc([N+](=O)[O-])c(N)c2)C1. The van der Waals surface area contributed by atoms with Crippen molar-refractivity contribution in [3.8, 4) is 0 Å². The van der Waals surface area contributed by atoms with E-state index < -0.39 is 4.92 Å². The molecule has 2 rings (SSSR count). The lowest BCUT2D eigenvalue weighted by Crippen LogP contribution is -2.25. The molecular weight excluding hydrogens is 258 g/mol. The average molecular weight is 277 g/mol. The molecule has 0 aliphatic carbocycles. The first kappa shape index (κ1) is 14.3. The van der Waals surface area contributed by atoms with Crippen LogP contribution < -0.4 is 5.73 Å². The van der Waals surface area contributed by atoms with Gasteiger partial charge in [0.1, 0.15) is 5.69 Å². The largest absolute Gasteiger partial charge is 0.393 e. The molecule has 20 heavy (non-hydrogen) atoms. The molecule has 1 aliphatic heterocycles. The predicted octanol–water partition coefficient (Wildman–Crippen LogP) is 2.18. The predicted molar refractivity (Wildman–Crippen MR) is 75.9 cm³/mol. The van der Waals surface area contributed by atoms with Crippen molar-refractivity contribution in [1.29, 1.82) is 0 Å². The van der Waals surface area contributed by atoms with Crippen LogP contribution in [-0.2, 0) is 11.3 Å². The van der Waals surface area contributed by atoms with Crippen LogP contribution in [0.1, 0.15) is 25.8 Å². The highest BCUT2D eigenvalue weighted by Gasteiger charge is 2.31. The van der Waals surface area contributed by atoms with Crippen molar-refractivity contribution in [2.24, 2.45) is 11.8 Å². The van der Waals surface area contributed by atoms with Crippen molar-refractivity contribution in [3.05, 3.63) is 33.9 Å². The minimum atomic E-state index is -0.505. The molecule has 1 amide bonds. The Hall–Kier alpha value is -2.11. The van der Waals surface area contributed by atoms with E-state index in [9.17, 15) is 14.9 Å². The Morgan fingerprint density at radius 2 is 2.20 bits per heavy atom. The van der Waals surface area contributed by atoms with Gasteiger partial charge in [-0.2, -0.15) is 0 Å². The molecule has 0 spiro atoms. The minimum absolute atomic E-state index is 0.0958. The van der Waals surface area contributed by atoms with Crippen LogP contribution in [-0.4, -0.2) is 22.3 Å². The lowest BCUT2D eigenvalue weighted by atomic mass is 9.95. The fourth-order valence-corrected chi connectivity index (χ4v) is 2.49. The third kappa shape index (κ3) is 2.89. The van der Waals surface area contributed by atoms with Crippen LogP contribution in [0.2, 0.25) is 0 Å². The zero-order valence-electron chi connectivity index (χ0n) is 11.7. The number of nitro benzene ring substituents is 1. The van der Waals surface area contributed by atoms with E-state index in [0.29, 0.717) is 24.8 Å². The van der Waals surface area contributed by atoms with Gasteiger partial charge in [-0.1, -0.05) is 19.9 Å². The lowest BCUT2D eigenvalue weighted by molar-refractivity contribution is -0.383. The van der Waals surface area contributed by atoms with Gasteiger partial charge in [0.15, 0.2) is 0 Å². The van der Waals surface area contributed by atoms with Gasteiger partial charge in [-0.15, -0.1) is 0 Å². The minimum Gasteiger partial charge on any atom is -0.393 e. The van der Waals surface area contributed by atoms with Crippen LogP contribution in [0, 0.1) is 22.0 Å². The fraction of sp³-hybridized carbons (Fsp3) is 0.500. The number of likely N-dealkylation sites (tertiary alicyclic amines) is 1. The Morgan fingerprint density at radius 1 is 1.50 bits per heavy atom. The van der Waals surface area contributed by atoms with Gasteiger partial charge in [-0.3, -0.25) is 14.9 Å². The summed E-state index contributed by atoms with van der Waals surface area (Å²) in [7, 11) is 0. The van der Waals surface area contributed by atoms with Gasteiger partial charge >= 0.3 is 0 Å². The number of nitrogen functional groups attached to an aromatic ring is 1. The maximum absolute atomic E-state index is 11.9. The molecular formula is C14H19N3O3. The summed E-state index contributed by atoms with van der Waals surface area (Å²) in [6.07, 6.45) is 0.583. The molecule has 1 unspecified atom stereocenters. The van der Waals surface area contributed by atoms with Crippen molar-refractivity contribution in [3.63, 3.8) is 0 Å². The number of hydrogen-bond donors (Lipinski definition) is 1. The van der Waals surface area contributed by atoms with Crippen molar-refractivity contribution in [2.45, 2.75) is 26.8 Å². The average Bonchev–Trinajstić information content (AvgIpc) is 2.71. The number of carbonyl (C=O) groups excluding carboxylic acids is 1. The highest BCUT2D eigenvalue weighted by molar-refractivity contribution is 5.78. The molecule has 1 saturated heterocycles. The second kappa shape index (κ2) is 5.48. The first-order chi connectivity index (χ1) is 9.38. The molecule has 108 valence electrons. The molecule has 1 atom stereocenters. The molecule has 0 saturated carbocycles. The smallest absolute Gasteiger partial charge is 0.292 e. The standard InChI is InChI=1S/C14H19N3O3/c1-9(2)11-6-14(18)16(8-11)7-10-3-4-13(17(19)20)12(15)5-10/h3-5,9,11H,6-8,15H2,1-2H3. The van der Waals surface area contributed by atoms with E-state index in [1.54, 1.807) is 17.0 Å². The molecule has 0 bridgehead atoms. The number of rotatable bonds is 4. The number of amides is 1. The topological polar surface area (TPSA) is 89.5 Å². The zero-order valence-corrected chi connectivity index (χ0v) is 11.7. The summed E-state index contributed by atoms with van der Waals surface area (Å²) < 4.78 is 0. The van der Waals surface area contributed by atoms with Gasteiger partial charge in [0.25, 0.3) is 5.69 Å². The van der Waals surface area contributed by atoms with E-state index in [-0.39, 0.29) is 17.3 Å². The van der Waals surface area contributed by atoms with Crippen LogP contribution in [0.25, 0.3) is 0 Å². The summed E-state index contributed by atoms with van der Waals surface area (Å²) in [6, 6.07) is 4.63. The molecule has 6 heteroatoms. The summed E-state index contributed by atoms with van der Waals surface area (Å²) in [6.45, 7) is 5.44. The van der Waals surface area contributed by atoms with Gasteiger partial charge in [0, 0.05) is 25.6 Å². The van der Waals surface area contributed by atoms with Crippen LogP contribution >= 0.6 is 0 Å². The Balaban J connectivity index is 2.09. The van der Waals surface area contributed by atoms with Gasteiger partial charge in [-0.25, -0.2) is 0 Å². The number of hydrogen-bond acceptors (Lipinski definition) is 4. The molecule has 1 aromatic rings. The summed E-state index contributed by atoms with van der Waals surface area (Å²) >= 11 is 0. The van der Waals surface area contributed by atoms with E-state index in [2.05, 4.69) is 13.8 Å². The molecule has 1 aromatic carbocycles. The fourth-order valence-electron chi connectivity index (χ4n) is 2.49. The van der Waals surface area contributed by atoms with Gasteiger partial charge in [0.2, 0.25) is 5.91 Å². The molecule has 1 heterocycles. The van der Waals surface area contributed by atoms with Gasteiger partial charge in [0.05, 0.1) is 4.92 Å². The number of nitrogens with zero attached hydrogens (tertiary/aromatic N) is 2. The van der Waals surface area contributed by atoms with Crippen molar-refractivity contribution >= 4 is 17.3 Å². The maximum Gasteiger partial charge on any atom is 0.292 e. The lowest BCUT2D eigenvalue weighted by Gasteiger charge is -2.18. The molecule has 6 nitrogen and oxygen atoms in total. The molecule has 1 fully saturated rings. The second-order valence-corrected chi connectivity index (χ2v) is 5.63. The van der Waals surface area contributed by atoms with Crippen molar-refractivity contribution in [2.75, 3.05) is 12.3 Å². The van der Waals surface area contributed by atoms with Crippen LogP contribution in [0.5, 0.6) is 0 Å². The number of nitrogens with two attached hydrogens (primary N) is 1. The third-order valence-corrected chi connectivity index (χ3v) is 3.85. The highest BCUT2D eigenvalue weighted by Crippen LogP contribution is 2.28. The van der Waals surface area contributed by atoms with E-state index >= 15 is 0 Å². The first-order valence-corrected chi connectivity index (χ1v) is 6.69. The van der Waals surface area contributed by atoms with Crippen LogP contribution in [0.3, 0.4) is 0 Å². The second-order valence-electron chi connectivity index (χ2n) is 5.63. The van der Waals surface area contributed by atoms with Crippen molar-refractivity contribution < 1.29 is 9.72 Å². The molecule has 0 radical (unpaired) electrons. The summed E-state index contributed by atoms with van der Waals surface area (Å²) in [5.74, 6) is 1.00. The summed E-state index contributed by atoms with van der Waals surface area (Å²) in [4.78, 5) is 23.9. The summed E-state index contributed by atoms with van der Waals surface area (Å²) in [5.41, 5.74) is 6.53. The van der Waals surface area contributed by atoms with E-state index in [4.69, 9.17) is 5.73 Å². The number of anilines is 1. The molecule has 2 N–H and O–H groups in total. The van der Waals surface area contributed by atoms with E-state index in [0.717, 1.165) is 12.1 Å². The zero-order chi connectivity index (χ0) is 14.9. The van der Waals surface area contributed by atoms with E-state index in [1.165, 1.54) is 6.07 Å². The monoisotopic (exact) mass is 277 g/mol. The third-order valence-electron chi connectivity index (χ3n) is 3.85.